The van der Waals surface area contributed by atoms with Gasteiger partial charge in [-0.3, -0.25) is 9.59 Å². The Balaban J connectivity index is 2.65. The van der Waals surface area contributed by atoms with E-state index in [-0.39, 0.29) is 11.8 Å². The molecule has 1 aliphatic heterocycles. The number of aliphatic carboxylic acids is 1. The van der Waals surface area contributed by atoms with Crippen molar-refractivity contribution in [2.75, 3.05) is 0 Å². The Morgan fingerprint density at radius 2 is 1.95 bits per heavy atom. The van der Waals surface area contributed by atoms with Crippen LogP contribution in [0.3, 0.4) is 0 Å². The molecule has 0 aromatic carbocycles. The van der Waals surface area contributed by atoms with Gasteiger partial charge in [-0.2, -0.15) is 0 Å². The molecule has 0 aliphatic carbocycles. The number of nitrogens with one attached hydrogen (secondary N) is 1. The van der Waals surface area contributed by atoms with Crippen LogP contribution >= 0.6 is 0 Å². The SMILES string of the molecule is CC(C)C(NC(=O)[C@@H]1C[C@H](C)[C@@H](C(=O)O)O1)C(N)=O. The molecule has 0 aromatic rings. The van der Waals surface area contributed by atoms with Crippen LogP contribution in [-0.2, 0) is 19.1 Å². The molecule has 0 spiro atoms. The largest absolute Gasteiger partial charge is 0.479 e. The van der Waals surface area contributed by atoms with E-state index < -0.39 is 36.0 Å². The lowest BCUT2D eigenvalue weighted by Gasteiger charge is -2.21. The predicted octanol–water partition coefficient (Wildman–Crippen LogP) is -0.509. The van der Waals surface area contributed by atoms with E-state index in [0.717, 1.165) is 0 Å². The minimum absolute atomic E-state index is 0.143. The highest BCUT2D eigenvalue weighted by molar-refractivity contribution is 5.89. The summed E-state index contributed by atoms with van der Waals surface area (Å²) in [5, 5.41) is 11.4. The second-order valence-corrected chi connectivity index (χ2v) is 5.23. The number of carboxylic acid groups (broad SMARTS) is 1. The van der Waals surface area contributed by atoms with Crippen molar-refractivity contribution in [1.29, 1.82) is 0 Å². The van der Waals surface area contributed by atoms with E-state index in [1.165, 1.54) is 0 Å². The molecule has 2 amide bonds. The van der Waals surface area contributed by atoms with Gasteiger partial charge in [0.2, 0.25) is 11.8 Å². The van der Waals surface area contributed by atoms with Gasteiger partial charge in [-0.1, -0.05) is 20.8 Å². The van der Waals surface area contributed by atoms with Crippen LogP contribution in [0.2, 0.25) is 0 Å². The predicted molar refractivity (Wildman–Crippen MR) is 66.0 cm³/mol. The monoisotopic (exact) mass is 272 g/mol. The molecule has 108 valence electrons. The summed E-state index contributed by atoms with van der Waals surface area (Å²) in [5.41, 5.74) is 5.20. The Kier molecular flexibility index (Phi) is 4.88. The van der Waals surface area contributed by atoms with Gasteiger partial charge in [0.1, 0.15) is 12.1 Å². The number of carbonyl (C=O) groups excluding carboxylic acids is 2. The van der Waals surface area contributed by atoms with E-state index >= 15 is 0 Å². The lowest BCUT2D eigenvalue weighted by Crippen LogP contribution is -2.50. The zero-order chi connectivity index (χ0) is 14.7. The highest BCUT2D eigenvalue weighted by atomic mass is 16.5. The molecule has 7 heteroatoms. The molecule has 0 saturated carbocycles. The lowest BCUT2D eigenvalue weighted by molar-refractivity contribution is -0.153. The number of carboxylic acids is 1. The highest BCUT2D eigenvalue weighted by Crippen LogP contribution is 2.26. The third-order valence-corrected chi connectivity index (χ3v) is 3.22. The van der Waals surface area contributed by atoms with E-state index in [1.54, 1.807) is 20.8 Å². The molecule has 1 rings (SSSR count). The smallest absolute Gasteiger partial charge is 0.333 e. The molecule has 19 heavy (non-hydrogen) atoms. The van der Waals surface area contributed by atoms with Crippen molar-refractivity contribution in [3.8, 4) is 0 Å². The van der Waals surface area contributed by atoms with Crippen LogP contribution in [0.25, 0.3) is 0 Å². The summed E-state index contributed by atoms with van der Waals surface area (Å²) in [6.45, 7) is 5.22. The van der Waals surface area contributed by atoms with Gasteiger partial charge in [0.25, 0.3) is 0 Å². The van der Waals surface area contributed by atoms with Crippen LogP contribution in [0.4, 0.5) is 0 Å². The van der Waals surface area contributed by atoms with E-state index in [1.807, 2.05) is 0 Å². The minimum Gasteiger partial charge on any atom is -0.479 e. The fourth-order valence-corrected chi connectivity index (χ4v) is 2.11. The van der Waals surface area contributed by atoms with Crippen LogP contribution in [0.15, 0.2) is 0 Å². The molecule has 4 N–H and O–H groups in total. The number of hydrogen-bond donors (Lipinski definition) is 3. The lowest BCUT2D eigenvalue weighted by atomic mass is 10.0. The molecule has 7 nitrogen and oxygen atoms in total. The van der Waals surface area contributed by atoms with Gasteiger partial charge in [0, 0.05) is 0 Å². The van der Waals surface area contributed by atoms with Crippen molar-refractivity contribution in [1.82, 2.24) is 5.32 Å². The second kappa shape index (κ2) is 6.01. The zero-order valence-electron chi connectivity index (χ0n) is 11.3. The van der Waals surface area contributed by atoms with Crippen LogP contribution in [0.1, 0.15) is 27.2 Å². The molecule has 1 saturated heterocycles. The van der Waals surface area contributed by atoms with Gasteiger partial charge in [-0.05, 0) is 18.3 Å². The van der Waals surface area contributed by atoms with Crippen molar-refractivity contribution in [3.05, 3.63) is 0 Å². The van der Waals surface area contributed by atoms with Crippen molar-refractivity contribution < 1.29 is 24.2 Å². The molecule has 1 fully saturated rings. The van der Waals surface area contributed by atoms with Crippen molar-refractivity contribution >= 4 is 17.8 Å². The molecule has 4 atom stereocenters. The summed E-state index contributed by atoms with van der Waals surface area (Å²) < 4.78 is 5.19. The van der Waals surface area contributed by atoms with Crippen LogP contribution in [0.5, 0.6) is 0 Å². The first-order chi connectivity index (χ1) is 8.73. The molecule has 0 aromatic heterocycles. The summed E-state index contributed by atoms with van der Waals surface area (Å²) in [7, 11) is 0. The molecule has 0 bridgehead atoms. The van der Waals surface area contributed by atoms with E-state index in [2.05, 4.69) is 5.32 Å². The maximum absolute atomic E-state index is 11.9. The van der Waals surface area contributed by atoms with E-state index in [4.69, 9.17) is 15.6 Å². The first kappa shape index (κ1) is 15.4. The fourth-order valence-electron chi connectivity index (χ4n) is 2.11. The van der Waals surface area contributed by atoms with Gasteiger partial charge in [-0.25, -0.2) is 4.79 Å². The Bertz CT molecular complexity index is 382. The standard InChI is InChI=1S/C12H20N2O5/c1-5(2)8(10(13)15)14-11(16)7-4-6(3)9(19-7)12(17)18/h5-9H,4H2,1-3H3,(H2,13,15)(H,14,16)(H,17,18)/t6-,7-,8?,9-/m0/s1. The Hall–Kier alpha value is -1.63. The van der Waals surface area contributed by atoms with E-state index in [0.29, 0.717) is 6.42 Å². The number of carbonyl (C=O) groups is 3. The summed E-state index contributed by atoms with van der Waals surface area (Å²) in [4.78, 5) is 34.0. The van der Waals surface area contributed by atoms with Gasteiger partial charge < -0.3 is 20.9 Å². The molecular weight excluding hydrogens is 252 g/mol. The molecule has 1 heterocycles. The van der Waals surface area contributed by atoms with Crippen molar-refractivity contribution in [3.63, 3.8) is 0 Å². The number of amides is 2. The highest BCUT2D eigenvalue weighted by Gasteiger charge is 2.41. The van der Waals surface area contributed by atoms with Gasteiger partial charge >= 0.3 is 5.97 Å². The number of hydrogen-bond acceptors (Lipinski definition) is 4. The Morgan fingerprint density at radius 3 is 2.32 bits per heavy atom. The molecule has 1 aliphatic rings. The number of rotatable bonds is 5. The third-order valence-electron chi connectivity index (χ3n) is 3.22. The maximum Gasteiger partial charge on any atom is 0.333 e. The van der Waals surface area contributed by atoms with Gasteiger partial charge in [0.15, 0.2) is 6.10 Å². The summed E-state index contributed by atoms with van der Waals surface area (Å²) in [6, 6.07) is -0.782. The average molecular weight is 272 g/mol. The quantitative estimate of drug-likeness (QED) is 0.623. The van der Waals surface area contributed by atoms with Gasteiger partial charge in [-0.15, -0.1) is 0 Å². The molecule has 1 unspecified atom stereocenters. The number of nitrogens with two attached hydrogens (primary N) is 1. The number of primary amides is 1. The van der Waals surface area contributed by atoms with Crippen LogP contribution in [0, 0.1) is 11.8 Å². The molecule has 0 radical (unpaired) electrons. The maximum atomic E-state index is 11.9. The normalized spacial score (nSPS) is 28.1. The first-order valence-electron chi connectivity index (χ1n) is 6.22. The fraction of sp³-hybridized carbons (Fsp3) is 0.750. The first-order valence-corrected chi connectivity index (χ1v) is 6.22. The molecular formula is C12H20N2O5. The topological polar surface area (TPSA) is 119 Å². The zero-order valence-corrected chi connectivity index (χ0v) is 11.3. The van der Waals surface area contributed by atoms with Crippen molar-refractivity contribution in [2.45, 2.75) is 45.4 Å². The Labute approximate surface area is 111 Å². The van der Waals surface area contributed by atoms with Crippen molar-refractivity contribution in [2.24, 2.45) is 17.6 Å². The van der Waals surface area contributed by atoms with Crippen LogP contribution in [-0.4, -0.2) is 41.1 Å². The van der Waals surface area contributed by atoms with Crippen LogP contribution < -0.4 is 11.1 Å². The van der Waals surface area contributed by atoms with E-state index in [9.17, 15) is 14.4 Å². The summed E-state index contributed by atoms with van der Waals surface area (Å²) in [5.74, 6) is -2.59. The summed E-state index contributed by atoms with van der Waals surface area (Å²) >= 11 is 0. The average Bonchev–Trinajstić information content (AvgIpc) is 2.67. The third kappa shape index (κ3) is 3.66. The number of ether oxygens (including phenoxy) is 1. The second-order valence-electron chi connectivity index (χ2n) is 5.23. The van der Waals surface area contributed by atoms with Gasteiger partial charge in [0.05, 0.1) is 0 Å². The summed E-state index contributed by atoms with van der Waals surface area (Å²) in [6.07, 6.45) is -1.52. The minimum atomic E-state index is -1.09. The Morgan fingerprint density at radius 1 is 1.37 bits per heavy atom.